The van der Waals surface area contributed by atoms with Crippen molar-refractivity contribution in [2.24, 2.45) is 0 Å². The van der Waals surface area contributed by atoms with Gasteiger partial charge in [0.1, 0.15) is 5.75 Å². The van der Waals surface area contributed by atoms with Gasteiger partial charge in [0.2, 0.25) is 5.95 Å². The molecule has 3 aromatic rings. The number of rotatable bonds is 3. The Hall–Kier alpha value is -2.86. The van der Waals surface area contributed by atoms with Crippen molar-refractivity contribution in [2.45, 2.75) is 0 Å². The number of methoxy groups -OCH3 is 1. The summed E-state index contributed by atoms with van der Waals surface area (Å²) in [6.45, 7) is 0. The molecule has 1 heterocycles. The van der Waals surface area contributed by atoms with Gasteiger partial charge in [-0.15, -0.1) is 5.10 Å². The number of ether oxygens (including phenoxy) is 1. The van der Waals surface area contributed by atoms with Gasteiger partial charge in [-0.25, -0.2) is 0 Å². The largest absolute Gasteiger partial charge is 0.497 e. The number of nitrogens with zero attached hydrogens (tertiary/aromatic N) is 3. The molecule has 2 N–H and O–H groups in total. The fourth-order valence-corrected chi connectivity index (χ4v) is 2.18. The van der Waals surface area contributed by atoms with E-state index in [1.807, 2.05) is 0 Å². The molecule has 0 radical (unpaired) electrons. The van der Waals surface area contributed by atoms with Gasteiger partial charge in [-0.3, -0.25) is 4.79 Å². The van der Waals surface area contributed by atoms with Gasteiger partial charge >= 0.3 is 0 Å². The zero-order valence-corrected chi connectivity index (χ0v) is 13.0. The van der Waals surface area contributed by atoms with Gasteiger partial charge in [-0.1, -0.05) is 11.6 Å². The molecular formula is C16H13ClN4O2. The van der Waals surface area contributed by atoms with Gasteiger partial charge in [-0.05, 0) is 48.5 Å². The molecule has 23 heavy (non-hydrogen) atoms. The van der Waals surface area contributed by atoms with Crippen LogP contribution in [0.1, 0.15) is 10.4 Å². The number of halogens is 1. The molecule has 0 saturated heterocycles. The van der Waals surface area contributed by atoms with E-state index in [9.17, 15) is 4.79 Å². The molecule has 116 valence electrons. The van der Waals surface area contributed by atoms with Crippen LogP contribution in [0.2, 0.25) is 5.02 Å². The molecule has 0 aliphatic rings. The molecule has 0 aliphatic carbocycles. The molecule has 3 rings (SSSR count). The van der Waals surface area contributed by atoms with Crippen LogP contribution in [-0.2, 0) is 0 Å². The van der Waals surface area contributed by atoms with E-state index < -0.39 is 0 Å². The lowest BCUT2D eigenvalue weighted by Crippen LogP contribution is -2.16. The van der Waals surface area contributed by atoms with Crippen LogP contribution in [0.3, 0.4) is 0 Å². The van der Waals surface area contributed by atoms with Gasteiger partial charge in [0.25, 0.3) is 5.91 Å². The van der Waals surface area contributed by atoms with E-state index in [2.05, 4.69) is 10.1 Å². The van der Waals surface area contributed by atoms with Gasteiger partial charge < -0.3 is 10.5 Å². The Morgan fingerprint density at radius 3 is 2.39 bits per heavy atom. The monoisotopic (exact) mass is 328 g/mol. The van der Waals surface area contributed by atoms with Crippen LogP contribution >= 0.6 is 11.6 Å². The summed E-state index contributed by atoms with van der Waals surface area (Å²) in [6, 6.07) is 13.6. The van der Waals surface area contributed by atoms with E-state index >= 15 is 0 Å². The van der Waals surface area contributed by atoms with E-state index in [1.165, 1.54) is 0 Å². The second-order valence-corrected chi connectivity index (χ2v) is 5.18. The van der Waals surface area contributed by atoms with Gasteiger partial charge in [0.05, 0.1) is 7.11 Å². The molecule has 6 nitrogen and oxygen atoms in total. The van der Waals surface area contributed by atoms with Crippen LogP contribution < -0.4 is 10.5 Å². The van der Waals surface area contributed by atoms with E-state index in [1.54, 1.807) is 55.6 Å². The molecule has 0 saturated carbocycles. The minimum absolute atomic E-state index is 0.0239. The average molecular weight is 329 g/mol. The summed E-state index contributed by atoms with van der Waals surface area (Å²) in [4.78, 5) is 16.6. The highest BCUT2D eigenvalue weighted by atomic mass is 35.5. The van der Waals surface area contributed by atoms with Crippen molar-refractivity contribution in [1.82, 2.24) is 14.8 Å². The molecule has 2 aromatic carbocycles. The van der Waals surface area contributed by atoms with Crippen molar-refractivity contribution >= 4 is 23.5 Å². The number of hydrogen-bond acceptors (Lipinski definition) is 5. The highest BCUT2D eigenvalue weighted by Crippen LogP contribution is 2.21. The predicted molar refractivity (Wildman–Crippen MR) is 87.6 cm³/mol. The number of carbonyl (C=O) groups excluding carboxylic acids is 1. The Morgan fingerprint density at radius 1 is 1.13 bits per heavy atom. The number of hydrogen-bond donors (Lipinski definition) is 1. The van der Waals surface area contributed by atoms with Crippen LogP contribution in [0.4, 0.5) is 5.95 Å². The predicted octanol–water partition coefficient (Wildman–Crippen LogP) is 2.88. The second kappa shape index (κ2) is 6.10. The lowest BCUT2D eigenvalue weighted by Gasteiger charge is -2.01. The summed E-state index contributed by atoms with van der Waals surface area (Å²) in [5.41, 5.74) is 6.98. The summed E-state index contributed by atoms with van der Waals surface area (Å²) in [5, 5.41) is 4.74. The van der Waals surface area contributed by atoms with Crippen LogP contribution in [0.25, 0.3) is 11.4 Å². The zero-order chi connectivity index (χ0) is 16.4. The van der Waals surface area contributed by atoms with E-state index in [0.29, 0.717) is 16.4 Å². The Kier molecular flexibility index (Phi) is 3.99. The summed E-state index contributed by atoms with van der Waals surface area (Å²) in [5.74, 6) is 0.744. The van der Waals surface area contributed by atoms with Crippen molar-refractivity contribution in [2.75, 3.05) is 12.8 Å². The first-order valence-electron chi connectivity index (χ1n) is 6.75. The van der Waals surface area contributed by atoms with E-state index in [-0.39, 0.29) is 11.9 Å². The van der Waals surface area contributed by atoms with Crippen molar-refractivity contribution in [3.05, 3.63) is 59.1 Å². The highest BCUT2D eigenvalue weighted by molar-refractivity contribution is 6.30. The molecule has 0 atom stereocenters. The van der Waals surface area contributed by atoms with Gasteiger partial charge in [-0.2, -0.15) is 9.67 Å². The highest BCUT2D eigenvalue weighted by Gasteiger charge is 2.16. The minimum Gasteiger partial charge on any atom is -0.497 e. The molecule has 0 bridgehead atoms. The minimum atomic E-state index is -0.369. The van der Waals surface area contributed by atoms with Crippen molar-refractivity contribution in [3.8, 4) is 17.1 Å². The molecule has 1 aromatic heterocycles. The standard InChI is InChI=1S/C16H13ClN4O2/c1-23-13-8-4-10(5-9-13)14-19-16(18)21(20-14)15(22)11-2-6-12(17)7-3-11/h2-9H,1H3,(H2,18,19,20). The fourth-order valence-electron chi connectivity index (χ4n) is 2.05. The molecule has 0 aliphatic heterocycles. The lowest BCUT2D eigenvalue weighted by atomic mass is 10.2. The maximum absolute atomic E-state index is 12.4. The number of nitrogen functional groups attached to an aromatic ring is 1. The summed E-state index contributed by atoms with van der Waals surface area (Å²) in [6.07, 6.45) is 0. The van der Waals surface area contributed by atoms with Gasteiger partial charge in [0.15, 0.2) is 5.82 Å². The molecule has 0 unspecified atom stereocenters. The number of carbonyl (C=O) groups is 1. The Bertz CT molecular complexity index is 842. The molecule has 0 fully saturated rings. The van der Waals surface area contributed by atoms with E-state index in [4.69, 9.17) is 22.1 Å². The first kappa shape index (κ1) is 15.1. The number of aromatic nitrogens is 3. The van der Waals surface area contributed by atoms with Crippen molar-refractivity contribution in [3.63, 3.8) is 0 Å². The van der Waals surface area contributed by atoms with Crippen LogP contribution in [-0.4, -0.2) is 27.8 Å². The lowest BCUT2D eigenvalue weighted by molar-refractivity contribution is 0.0948. The molecule has 0 amide bonds. The fraction of sp³-hybridized carbons (Fsp3) is 0.0625. The Labute approximate surface area is 137 Å². The Morgan fingerprint density at radius 2 is 1.78 bits per heavy atom. The summed E-state index contributed by atoms with van der Waals surface area (Å²) in [7, 11) is 1.59. The van der Waals surface area contributed by atoms with Crippen LogP contribution in [0.5, 0.6) is 5.75 Å². The third-order valence-corrected chi connectivity index (χ3v) is 3.52. The number of anilines is 1. The zero-order valence-electron chi connectivity index (χ0n) is 12.2. The van der Waals surface area contributed by atoms with Crippen LogP contribution in [0.15, 0.2) is 48.5 Å². The van der Waals surface area contributed by atoms with Crippen LogP contribution in [0, 0.1) is 0 Å². The SMILES string of the molecule is COc1ccc(-c2nc(N)n(C(=O)c3ccc(Cl)cc3)n2)cc1. The number of nitrogens with two attached hydrogens (primary N) is 1. The normalized spacial score (nSPS) is 10.5. The van der Waals surface area contributed by atoms with E-state index in [0.717, 1.165) is 16.0 Å². The quantitative estimate of drug-likeness (QED) is 0.799. The Balaban J connectivity index is 1.93. The third kappa shape index (κ3) is 3.02. The van der Waals surface area contributed by atoms with Crippen molar-refractivity contribution < 1.29 is 9.53 Å². The first-order chi connectivity index (χ1) is 11.1. The smallest absolute Gasteiger partial charge is 0.281 e. The molecule has 0 spiro atoms. The number of benzene rings is 2. The van der Waals surface area contributed by atoms with Gasteiger partial charge in [0, 0.05) is 16.1 Å². The molecular weight excluding hydrogens is 316 g/mol. The molecule has 7 heteroatoms. The third-order valence-electron chi connectivity index (χ3n) is 3.26. The maximum Gasteiger partial charge on any atom is 0.281 e. The van der Waals surface area contributed by atoms with Crippen molar-refractivity contribution in [1.29, 1.82) is 0 Å². The summed E-state index contributed by atoms with van der Waals surface area (Å²) < 4.78 is 6.18. The average Bonchev–Trinajstić information content (AvgIpc) is 2.97. The topological polar surface area (TPSA) is 83.0 Å². The first-order valence-corrected chi connectivity index (χ1v) is 7.13. The maximum atomic E-state index is 12.4. The summed E-state index contributed by atoms with van der Waals surface area (Å²) >= 11 is 5.82. The second-order valence-electron chi connectivity index (χ2n) is 4.75.